The van der Waals surface area contributed by atoms with Crippen LogP contribution in [0.25, 0.3) is 0 Å². The van der Waals surface area contributed by atoms with Crippen LogP contribution in [0.2, 0.25) is 0 Å². The van der Waals surface area contributed by atoms with Gasteiger partial charge in [0.2, 0.25) is 0 Å². The van der Waals surface area contributed by atoms with Gasteiger partial charge in [-0.2, -0.15) is 0 Å². The zero-order valence-corrected chi connectivity index (χ0v) is 12.4. The van der Waals surface area contributed by atoms with Crippen LogP contribution in [0, 0.1) is 12.8 Å². The molecule has 2 rings (SSSR count). The summed E-state index contributed by atoms with van der Waals surface area (Å²) in [5.74, 6) is 0.588. The van der Waals surface area contributed by atoms with Gasteiger partial charge < -0.3 is 10.6 Å². The van der Waals surface area contributed by atoms with E-state index in [0.29, 0.717) is 5.92 Å². The molecule has 1 heterocycles. The second-order valence-electron chi connectivity index (χ2n) is 5.46. The molecule has 1 aromatic rings. The van der Waals surface area contributed by atoms with E-state index in [9.17, 15) is 0 Å². The summed E-state index contributed by atoms with van der Waals surface area (Å²) in [5, 5.41) is 0. The maximum absolute atomic E-state index is 5.88. The van der Waals surface area contributed by atoms with Gasteiger partial charge >= 0.3 is 0 Å². The van der Waals surface area contributed by atoms with Gasteiger partial charge in [0.25, 0.3) is 0 Å². The summed E-state index contributed by atoms with van der Waals surface area (Å²) in [7, 11) is 0. The third kappa shape index (κ3) is 2.23. The van der Waals surface area contributed by atoms with Gasteiger partial charge in [-0.3, -0.25) is 0 Å². The van der Waals surface area contributed by atoms with Crippen LogP contribution in [0.1, 0.15) is 25.8 Å². The van der Waals surface area contributed by atoms with E-state index >= 15 is 0 Å². The Kier molecular flexibility index (Phi) is 3.50. The van der Waals surface area contributed by atoms with Gasteiger partial charge in [-0.1, -0.05) is 15.9 Å². The van der Waals surface area contributed by atoms with Gasteiger partial charge in [-0.05, 0) is 63.4 Å². The molecule has 94 valence electrons. The van der Waals surface area contributed by atoms with Crippen LogP contribution in [0.3, 0.4) is 0 Å². The van der Waals surface area contributed by atoms with Crippen molar-refractivity contribution in [1.29, 1.82) is 0 Å². The predicted molar refractivity (Wildman–Crippen MR) is 77.5 cm³/mol. The summed E-state index contributed by atoms with van der Waals surface area (Å²) in [6.45, 7) is 8.67. The third-order valence-electron chi connectivity index (χ3n) is 4.13. The highest BCUT2D eigenvalue weighted by Crippen LogP contribution is 2.39. The summed E-state index contributed by atoms with van der Waals surface area (Å²) in [6.07, 6.45) is 1.19. The molecule has 2 nitrogen and oxygen atoms in total. The zero-order chi connectivity index (χ0) is 12.6. The van der Waals surface area contributed by atoms with Gasteiger partial charge in [0.05, 0.1) is 0 Å². The summed E-state index contributed by atoms with van der Waals surface area (Å²) in [4.78, 5) is 2.51. The average molecular weight is 297 g/mol. The molecule has 1 atom stereocenters. The quantitative estimate of drug-likeness (QED) is 0.907. The van der Waals surface area contributed by atoms with Gasteiger partial charge in [-0.15, -0.1) is 0 Å². The molecule has 0 aliphatic carbocycles. The zero-order valence-electron chi connectivity index (χ0n) is 10.8. The molecule has 3 heteroatoms. The lowest BCUT2D eigenvalue weighted by Gasteiger charge is -2.38. The van der Waals surface area contributed by atoms with Crippen molar-refractivity contribution in [3.8, 4) is 0 Å². The fourth-order valence-electron chi connectivity index (χ4n) is 2.91. The molecule has 0 radical (unpaired) electrons. The molecule has 0 saturated carbocycles. The lowest BCUT2D eigenvalue weighted by Crippen LogP contribution is -2.45. The van der Waals surface area contributed by atoms with E-state index in [-0.39, 0.29) is 5.54 Å². The van der Waals surface area contributed by atoms with Crippen LogP contribution in [0.15, 0.2) is 22.7 Å². The minimum absolute atomic E-state index is 0.160. The van der Waals surface area contributed by atoms with Gasteiger partial charge in [0.1, 0.15) is 0 Å². The van der Waals surface area contributed by atoms with E-state index in [1.807, 2.05) is 0 Å². The SMILES string of the molecule is Cc1cc(Br)ccc1N1CCC(CN)C1(C)C. The molecule has 17 heavy (non-hydrogen) atoms. The number of nitrogens with zero attached hydrogens (tertiary/aromatic N) is 1. The van der Waals surface area contributed by atoms with Crippen LogP contribution < -0.4 is 10.6 Å². The number of benzene rings is 1. The van der Waals surface area contributed by atoms with Crippen molar-refractivity contribution in [2.45, 2.75) is 32.7 Å². The Hall–Kier alpha value is -0.540. The van der Waals surface area contributed by atoms with Crippen molar-refractivity contribution < 1.29 is 0 Å². The molecule has 0 aromatic heterocycles. The van der Waals surface area contributed by atoms with Gasteiger partial charge in [0, 0.05) is 22.2 Å². The van der Waals surface area contributed by atoms with Crippen LogP contribution in [-0.4, -0.2) is 18.6 Å². The number of anilines is 1. The Balaban J connectivity index is 2.35. The second kappa shape index (κ2) is 4.62. The minimum atomic E-state index is 0.160. The molecule has 2 N–H and O–H groups in total. The van der Waals surface area contributed by atoms with E-state index in [1.165, 1.54) is 17.7 Å². The fraction of sp³-hybridized carbons (Fsp3) is 0.571. The maximum atomic E-state index is 5.88. The molecule has 1 aliphatic rings. The Morgan fingerprint density at radius 1 is 1.47 bits per heavy atom. The monoisotopic (exact) mass is 296 g/mol. The van der Waals surface area contributed by atoms with Crippen molar-refractivity contribution in [2.75, 3.05) is 18.0 Å². The van der Waals surface area contributed by atoms with Crippen molar-refractivity contribution in [2.24, 2.45) is 11.7 Å². The summed E-state index contributed by atoms with van der Waals surface area (Å²) in [6, 6.07) is 6.51. The molecule has 1 saturated heterocycles. The number of halogens is 1. The first kappa shape index (κ1) is 12.9. The van der Waals surface area contributed by atoms with E-state index in [1.54, 1.807) is 0 Å². The lowest BCUT2D eigenvalue weighted by molar-refractivity contribution is 0.373. The van der Waals surface area contributed by atoms with Crippen LogP contribution in [0.5, 0.6) is 0 Å². The second-order valence-corrected chi connectivity index (χ2v) is 6.37. The molecule has 1 aromatic carbocycles. The highest BCUT2D eigenvalue weighted by molar-refractivity contribution is 9.10. The van der Waals surface area contributed by atoms with Crippen LogP contribution in [0.4, 0.5) is 5.69 Å². The molecule has 0 spiro atoms. The van der Waals surface area contributed by atoms with E-state index in [4.69, 9.17) is 5.73 Å². The summed E-state index contributed by atoms with van der Waals surface area (Å²) < 4.78 is 1.14. The summed E-state index contributed by atoms with van der Waals surface area (Å²) >= 11 is 3.52. The number of rotatable bonds is 2. The Labute approximate surface area is 112 Å². The number of hydrogen-bond acceptors (Lipinski definition) is 2. The fourth-order valence-corrected chi connectivity index (χ4v) is 3.38. The number of hydrogen-bond donors (Lipinski definition) is 1. The smallest absolute Gasteiger partial charge is 0.0401 e. The number of nitrogens with two attached hydrogens (primary N) is 1. The van der Waals surface area contributed by atoms with Gasteiger partial charge in [-0.25, -0.2) is 0 Å². The molecular weight excluding hydrogens is 276 g/mol. The Morgan fingerprint density at radius 3 is 2.71 bits per heavy atom. The van der Waals surface area contributed by atoms with Crippen molar-refractivity contribution in [3.05, 3.63) is 28.2 Å². The normalized spacial score (nSPS) is 23.1. The van der Waals surface area contributed by atoms with Crippen molar-refractivity contribution in [1.82, 2.24) is 0 Å². The summed E-state index contributed by atoms with van der Waals surface area (Å²) in [5.41, 5.74) is 8.70. The molecule has 0 amide bonds. The first-order chi connectivity index (χ1) is 7.96. The molecular formula is C14H21BrN2. The predicted octanol–water partition coefficient (Wildman–Crippen LogP) is 3.32. The average Bonchev–Trinajstić information content (AvgIpc) is 2.54. The maximum Gasteiger partial charge on any atom is 0.0401 e. The lowest BCUT2D eigenvalue weighted by atomic mass is 9.88. The van der Waals surface area contributed by atoms with Crippen LogP contribution >= 0.6 is 15.9 Å². The van der Waals surface area contributed by atoms with E-state index < -0.39 is 0 Å². The highest BCUT2D eigenvalue weighted by atomic mass is 79.9. The van der Waals surface area contributed by atoms with Crippen molar-refractivity contribution in [3.63, 3.8) is 0 Å². The first-order valence-electron chi connectivity index (χ1n) is 6.20. The standard InChI is InChI=1S/C14H21BrN2/c1-10-8-12(15)4-5-13(10)17-7-6-11(9-16)14(17,2)3/h4-5,8,11H,6-7,9,16H2,1-3H3. The topological polar surface area (TPSA) is 29.3 Å². The largest absolute Gasteiger partial charge is 0.366 e. The first-order valence-corrected chi connectivity index (χ1v) is 7.00. The molecule has 1 aliphatic heterocycles. The minimum Gasteiger partial charge on any atom is -0.366 e. The van der Waals surface area contributed by atoms with Crippen molar-refractivity contribution >= 4 is 21.6 Å². The van der Waals surface area contributed by atoms with Crippen LogP contribution in [-0.2, 0) is 0 Å². The van der Waals surface area contributed by atoms with E-state index in [0.717, 1.165) is 17.6 Å². The highest BCUT2D eigenvalue weighted by Gasteiger charge is 2.40. The Morgan fingerprint density at radius 2 is 2.18 bits per heavy atom. The third-order valence-corrected chi connectivity index (χ3v) is 4.62. The molecule has 1 fully saturated rings. The molecule has 1 unspecified atom stereocenters. The van der Waals surface area contributed by atoms with E-state index in [2.05, 4.69) is 59.8 Å². The van der Waals surface area contributed by atoms with Gasteiger partial charge in [0.15, 0.2) is 0 Å². The molecule has 0 bridgehead atoms. The number of aryl methyl sites for hydroxylation is 1. The Bertz CT molecular complexity index is 415.